The molecule has 0 amide bonds. The van der Waals surface area contributed by atoms with Gasteiger partial charge in [-0.2, -0.15) is 0 Å². The van der Waals surface area contributed by atoms with Crippen molar-refractivity contribution in [2.45, 2.75) is 13.3 Å². The molecule has 2 aromatic rings. The lowest BCUT2D eigenvalue weighted by Gasteiger charge is -2.09. The van der Waals surface area contributed by atoms with Crippen molar-refractivity contribution in [2.24, 2.45) is 0 Å². The molecule has 0 radical (unpaired) electrons. The van der Waals surface area contributed by atoms with E-state index in [2.05, 4.69) is 12.2 Å². The number of methoxy groups -OCH3 is 2. The number of carbonyl (C=O) groups is 1. The quantitative estimate of drug-likeness (QED) is 0.618. The zero-order valence-electron chi connectivity index (χ0n) is 13.6. The molecule has 0 atom stereocenters. The molecule has 2 aromatic carbocycles. The summed E-state index contributed by atoms with van der Waals surface area (Å²) in [5.41, 5.74) is 2.70. The lowest BCUT2D eigenvalue weighted by molar-refractivity contribution is 0.104. The molecule has 0 aliphatic rings. The molecule has 4 nitrogen and oxygen atoms in total. The van der Waals surface area contributed by atoms with Gasteiger partial charge in [-0.05, 0) is 24.1 Å². The van der Waals surface area contributed by atoms with Gasteiger partial charge in [0.05, 0.1) is 14.2 Å². The highest BCUT2D eigenvalue weighted by atomic mass is 16.5. The van der Waals surface area contributed by atoms with Gasteiger partial charge in [0.25, 0.3) is 0 Å². The number of hydrogen-bond donors (Lipinski definition) is 1. The third kappa shape index (κ3) is 4.36. The lowest BCUT2D eigenvalue weighted by atomic mass is 10.1. The van der Waals surface area contributed by atoms with Crippen molar-refractivity contribution in [2.75, 3.05) is 19.5 Å². The van der Waals surface area contributed by atoms with Gasteiger partial charge < -0.3 is 14.8 Å². The fourth-order valence-electron chi connectivity index (χ4n) is 2.14. The van der Waals surface area contributed by atoms with Crippen molar-refractivity contribution in [3.8, 4) is 11.5 Å². The van der Waals surface area contributed by atoms with Gasteiger partial charge in [-0.15, -0.1) is 0 Å². The molecule has 0 spiro atoms. The first kappa shape index (κ1) is 16.6. The average molecular weight is 311 g/mol. The summed E-state index contributed by atoms with van der Waals surface area (Å²) in [6.45, 7) is 2.09. The summed E-state index contributed by atoms with van der Waals surface area (Å²) in [4.78, 5) is 12.1. The Kier molecular flexibility index (Phi) is 5.80. The van der Waals surface area contributed by atoms with E-state index < -0.39 is 0 Å². The standard InChI is InChI=1S/C19H21NO3/c1-4-14-5-7-15(8-6-14)17(21)11-12-20-16-9-10-18(22-2)19(13-16)23-3/h5-13,20H,4H2,1-3H3. The number of ether oxygens (including phenoxy) is 2. The van der Waals surface area contributed by atoms with Gasteiger partial charge in [-0.3, -0.25) is 4.79 Å². The minimum absolute atomic E-state index is 0.0411. The van der Waals surface area contributed by atoms with Crippen LogP contribution in [0, 0.1) is 0 Å². The van der Waals surface area contributed by atoms with Gasteiger partial charge in [-0.1, -0.05) is 31.2 Å². The zero-order valence-corrected chi connectivity index (χ0v) is 13.6. The van der Waals surface area contributed by atoms with E-state index in [1.807, 2.05) is 36.4 Å². The Labute approximate surface area is 136 Å². The molecule has 120 valence electrons. The Morgan fingerprint density at radius 1 is 1.04 bits per heavy atom. The van der Waals surface area contributed by atoms with E-state index in [4.69, 9.17) is 9.47 Å². The molecule has 2 rings (SSSR count). The van der Waals surface area contributed by atoms with Crippen molar-refractivity contribution >= 4 is 11.5 Å². The number of anilines is 1. The lowest BCUT2D eigenvalue weighted by Crippen LogP contribution is -1.97. The number of aryl methyl sites for hydroxylation is 1. The number of allylic oxidation sites excluding steroid dienone is 1. The molecular formula is C19H21NO3. The number of rotatable bonds is 7. The van der Waals surface area contributed by atoms with Crippen LogP contribution in [-0.4, -0.2) is 20.0 Å². The first-order chi connectivity index (χ1) is 11.2. The molecule has 0 aromatic heterocycles. The van der Waals surface area contributed by atoms with Crippen molar-refractivity contribution in [3.05, 3.63) is 65.9 Å². The summed E-state index contributed by atoms with van der Waals surface area (Å²) in [5.74, 6) is 1.25. The van der Waals surface area contributed by atoms with Crippen LogP contribution in [0.3, 0.4) is 0 Å². The van der Waals surface area contributed by atoms with E-state index in [9.17, 15) is 4.79 Å². The van der Waals surface area contributed by atoms with E-state index in [1.165, 1.54) is 11.6 Å². The largest absolute Gasteiger partial charge is 0.493 e. The highest BCUT2D eigenvalue weighted by molar-refractivity contribution is 6.04. The third-order valence-electron chi connectivity index (χ3n) is 3.51. The van der Waals surface area contributed by atoms with Crippen LogP contribution in [0.2, 0.25) is 0 Å². The highest BCUT2D eigenvalue weighted by Crippen LogP contribution is 2.29. The van der Waals surface area contributed by atoms with Gasteiger partial charge in [0, 0.05) is 29.6 Å². The Morgan fingerprint density at radius 3 is 2.35 bits per heavy atom. The van der Waals surface area contributed by atoms with E-state index >= 15 is 0 Å². The summed E-state index contributed by atoms with van der Waals surface area (Å²) in [6.07, 6.45) is 4.10. The fourth-order valence-corrected chi connectivity index (χ4v) is 2.14. The number of benzene rings is 2. The molecule has 0 unspecified atom stereocenters. The average Bonchev–Trinajstić information content (AvgIpc) is 2.61. The maximum atomic E-state index is 12.1. The summed E-state index contributed by atoms with van der Waals surface area (Å²) in [6, 6.07) is 13.1. The van der Waals surface area contributed by atoms with Crippen LogP contribution in [0.25, 0.3) is 0 Å². The summed E-state index contributed by atoms with van der Waals surface area (Å²) < 4.78 is 10.4. The Hall–Kier alpha value is -2.75. The van der Waals surface area contributed by atoms with Crippen LogP contribution >= 0.6 is 0 Å². The Bertz CT molecular complexity index is 690. The first-order valence-electron chi connectivity index (χ1n) is 7.46. The topological polar surface area (TPSA) is 47.6 Å². The minimum atomic E-state index is -0.0411. The van der Waals surface area contributed by atoms with Crippen LogP contribution in [0.4, 0.5) is 5.69 Å². The number of ketones is 1. The molecule has 23 heavy (non-hydrogen) atoms. The van der Waals surface area contributed by atoms with Gasteiger partial charge in [0.15, 0.2) is 17.3 Å². The van der Waals surface area contributed by atoms with Crippen LogP contribution in [0.1, 0.15) is 22.8 Å². The van der Waals surface area contributed by atoms with Gasteiger partial charge >= 0.3 is 0 Å². The van der Waals surface area contributed by atoms with Crippen LogP contribution in [0.5, 0.6) is 11.5 Å². The smallest absolute Gasteiger partial charge is 0.187 e. The Balaban J connectivity index is 2.01. The monoisotopic (exact) mass is 311 g/mol. The molecular weight excluding hydrogens is 290 g/mol. The normalized spacial score (nSPS) is 10.6. The molecule has 0 aliphatic heterocycles. The second-order valence-corrected chi connectivity index (χ2v) is 4.96. The predicted molar refractivity (Wildman–Crippen MR) is 92.5 cm³/mol. The maximum absolute atomic E-state index is 12.1. The molecule has 0 saturated carbocycles. The summed E-state index contributed by atoms with van der Waals surface area (Å²) >= 11 is 0. The van der Waals surface area contributed by atoms with Gasteiger partial charge in [0.1, 0.15) is 0 Å². The van der Waals surface area contributed by atoms with Gasteiger partial charge in [0.2, 0.25) is 0 Å². The minimum Gasteiger partial charge on any atom is -0.493 e. The van der Waals surface area contributed by atoms with Crippen molar-refractivity contribution in [1.82, 2.24) is 0 Å². The maximum Gasteiger partial charge on any atom is 0.187 e. The SMILES string of the molecule is CCc1ccc(C(=O)C=CNc2ccc(OC)c(OC)c2)cc1. The second kappa shape index (κ2) is 8.03. The predicted octanol–water partition coefficient (Wildman–Crippen LogP) is 4.07. The van der Waals surface area contributed by atoms with E-state index in [0.29, 0.717) is 17.1 Å². The molecule has 0 bridgehead atoms. The van der Waals surface area contributed by atoms with Crippen molar-refractivity contribution in [1.29, 1.82) is 0 Å². The van der Waals surface area contributed by atoms with Crippen molar-refractivity contribution < 1.29 is 14.3 Å². The van der Waals surface area contributed by atoms with Gasteiger partial charge in [-0.25, -0.2) is 0 Å². The Morgan fingerprint density at radius 2 is 1.74 bits per heavy atom. The number of hydrogen-bond acceptors (Lipinski definition) is 4. The van der Waals surface area contributed by atoms with Crippen LogP contribution in [-0.2, 0) is 6.42 Å². The molecule has 0 fully saturated rings. The van der Waals surface area contributed by atoms with E-state index in [-0.39, 0.29) is 5.78 Å². The fraction of sp³-hybridized carbons (Fsp3) is 0.211. The summed E-state index contributed by atoms with van der Waals surface area (Å²) in [7, 11) is 3.17. The van der Waals surface area contributed by atoms with Crippen molar-refractivity contribution in [3.63, 3.8) is 0 Å². The second-order valence-electron chi connectivity index (χ2n) is 4.96. The zero-order chi connectivity index (χ0) is 16.7. The molecule has 1 N–H and O–H groups in total. The number of nitrogens with one attached hydrogen (secondary N) is 1. The first-order valence-corrected chi connectivity index (χ1v) is 7.46. The summed E-state index contributed by atoms with van der Waals surface area (Å²) in [5, 5.41) is 3.06. The molecule has 0 saturated heterocycles. The third-order valence-corrected chi connectivity index (χ3v) is 3.51. The van der Waals surface area contributed by atoms with Crippen LogP contribution < -0.4 is 14.8 Å². The number of carbonyl (C=O) groups excluding carboxylic acids is 1. The van der Waals surface area contributed by atoms with E-state index in [0.717, 1.165) is 12.1 Å². The molecule has 0 aliphatic carbocycles. The van der Waals surface area contributed by atoms with Crippen LogP contribution in [0.15, 0.2) is 54.7 Å². The molecule has 0 heterocycles. The van der Waals surface area contributed by atoms with E-state index in [1.54, 1.807) is 26.5 Å². The highest BCUT2D eigenvalue weighted by Gasteiger charge is 2.04. The molecule has 4 heteroatoms.